The zero-order valence-electron chi connectivity index (χ0n) is 19.3. The van der Waals surface area contributed by atoms with E-state index in [9.17, 15) is 18.0 Å². The summed E-state index contributed by atoms with van der Waals surface area (Å²) in [5, 5.41) is 3.28. The van der Waals surface area contributed by atoms with Gasteiger partial charge in [0, 0.05) is 22.6 Å². The summed E-state index contributed by atoms with van der Waals surface area (Å²) in [5.74, 6) is -0.868. The number of rotatable bonds is 9. The number of hydrogen-bond donors (Lipinski definition) is 1. The van der Waals surface area contributed by atoms with Crippen LogP contribution in [0.3, 0.4) is 0 Å². The van der Waals surface area contributed by atoms with Gasteiger partial charge in [0.05, 0.1) is 11.9 Å². The number of nitrogens with one attached hydrogen (secondary N) is 1. The molecule has 10 heteroatoms. The van der Waals surface area contributed by atoms with E-state index in [-0.39, 0.29) is 34.2 Å². The molecule has 0 aromatic heterocycles. The first kappa shape index (κ1) is 27.0. The quantitative estimate of drug-likeness (QED) is 0.548. The highest BCUT2D eigenvalue weighted by atomic mass is 35.5. The Kier molecular flexibility index (Phi) is 9.17. The minimum Gasteiger partial charge on any atom is -0.352 e. The van der Waals surface area contributed by atoms with Crippen LogP contribution in [0.25, 0.3) is 0 Å². The smallest absolute Gasteiger partial charge is 0.244 e. The van der Waals surface area contributed by atoms with E-state index < -0.39 is 28.5 Å². The van der Waals surface area contributed by atoms with Gasteiger partial charge in [-0.15, -0.1) is 0 Å². The number of carbonyl (C=O) groups is 2. The van der Waals surface area contributed by atoms with E-state index in [0.29, 0.717) is 0 Å². The van der Waals surface area contributed by atoms with Crippen molar-refractivity contribution in [3.8, 4) is 0 Å². The maximum atomic E-state index is 13.4. The lowest BCUT2D eigenvalue weighted by Crippen LogP contribution is -2.52. The van der Waals surface area contributed by atoms with Crippen molar-refractivity contribution in [2.24, 2.45) is 0 Å². The first-order valence-corrected chi connectivity index (χ1v) is 13.0. The summed E-state index contributed by atoms with van der Waals surface area (Å²) in [6.07, 6.45) is 0.995. The summed E-state index contributed by atoms with van der Waals surface area (Å²) in [4.78, 5) is 27.5. The van der Waals surface area contributed by atoms with Crippen LogP contribution in [0.1, 0.15) is 31.9 Å². The Balaban J connectivity index is 2.42. The summed E-state index contributed by atoms with van der Waals surface area (Å²) < 4.78 is 26.0. The lowest BCUT2D eigenvalue weighted by atomic mass is 10.1. The second kappa shape index (κ2) is 11.2. The second-order valence-electron chi connectivity index (χ2n) is 8.25. The molecule has 2 aromatic rings. The van der Waals surface area contributed by atoms with Gasteiger partial charge in [0.2, 0.25) is 21.8 Å². The van der Waals surface area contributed by atoms with Crippen molar-refractivity contribution in [3.63, 3.8) is 0 Å². The molecule has 1 unspecified atom stereocenters. The number of nitrogens with zero attached hydrogens (tertiary/aromatic N) is 2. The topological polar surface area (TPSA) is 86.8 Å². The zero-order chi connectivity index (χ0) is 24.9. The molecule has 0 spiro atoms. The number of halogens is 2. The molecule has 0 aliphatic heterocycles. The van der Waals surface area contributed by atoms with Gasteiger partial charge in [-0.2, -0.15) is 0 Å². The average molecular weight is 514 g/mol. The lowest BCUT2D eigenvalue weighted by Gasteiger charge is -2.32. The third kappa shape index (κ3) is 7.91. The molecule has 180 valence electrons. The molecule has 2 amide bonds. The fraction of sp³-hybridized carbons (Fsp3) is 0.391. The third-order valence-electron chi connectivity index (χ3n) is 4.85. The minimum atomic E-state index is -3.86. The molecule has 1 N–H and O–H groups in total. The molecule has 0 saturated carbocycles. The van der Waals surface area contributed by atoms with Crippen molar-refractivity contribution in [1.82, 2.24) is 10.2 Å². The van der Waals surface area contributed by atoms with Gasteiger partial charge >= 0.3 is 0 Å². The van der Waals surface area contributed by atoms with Crippen molar-refractivity contribution in [2.45, 2.75) is 46.3 Å². The first-order chi connectivity index (χ1) is 15.3. The lowest BCUT2D eigenvalue weighted by molar-refractivity contribution is -0.139. The number of amides is 2. The monoisotopic (exact) mass is 513 g/mol. The number of aryl methyl sites for hydroxylation is 1. The molecule has 1 atom stereocenters. The molecule has 33 heavy (non-hydrogen) atoms. The Morgan fingerprint density at radius 3 is 2.15 bits per heavy atom. The van der Waals surface area contributed by atoms with E-state index in [2.05, 4.69) is 5.32 Å². The number of benzene rings is 2. The van der Waals surface area contributed by atoms with E-state index in [1.165, 1.54) is 23.1 Å². The normalized spacial score (nSPS) is 12.4. The van der Waals surface area contributed by atoms with E-state index in [1.807, 2.05) is 45.0 Å². The molecule has 0 fully saturated rings. The van der Waals surface area contributed by atoms with Gasteiger partial charge in [0.25, 0.3) is 0 Å². The van der Waals surface area contributed by atoms with Crippen LogP contribution in [0.2, 0.25) is 10.0 Å². The maximum absolute atomic E-state index is 13.4. The number of carbonyl (C=O) groups excluding carboxylic acids is 2. The average Bonchev–Trinajstić information content (AvgIpc) is 2.67. The van der Waals surface area contributed by atoms with Crippen molar-refractivity contribution in [3.05, 3.63) is 63.6 Å². The number of hydrogen-bond acceptors (Lipinski definition) is 4. The predicted molar refractivity (Wildman–Crippen MR) is 133 cm³/mol. The molecule has 2 rings (SSSR count). The van der Waals surface area contributed by atoms with Crippen LogP contribution in [0.5, 0.6) is 0 Å². The van der Waals surface area contributed by atoms with Gasteiger partial charge in [-0.05, 0) is 51.5 Å². The summed E-state index contributed by atoms with van der Waals surface area (Å²) in [7, 11) is -3.86. The third-order valence-corrected chi connectivity index (χ3v) is 6.43. The van der Waals surface area contributed by atoms with Crippen molar-refractivity contribution < 1.29 is 18.0 Å². The Morgan fingerprint density at radius 2 is 1.64 bits per heavy atom. The predicted octanol–water partition coefficient (Wildman–Crippen LogP) is 4.01. The van der Waals surface area contributed by atoms with Crippen LogP contribution in [-0.2, 0) is 26.2 Å². The summed E-state index contributed by atoms with van der Waals surface area (Å²) in [5.41, 5.74) is 1.99. The molecule has 7 nitrogen and oxygen atoms in total. The molecular weight excluding hydrogens is 485 g/mol. The van der Waals surface area contributed by atoms with Crippen molar-refractivity contribution in [2.75, 3.05) is 17.1 Å². The Bertz CT molecular complexity index is 1100. The molecule has 2 aromatic carbocycles. The maximum Gasteiger partial charge on any atom is 0.244 e. The Morgan fingerprint density at radius 1 is 1.03 bits per heavy atom. The molecule has 0 radical (unpaired) electrons. The largest absolute Gasteiger partial charge is 0.352 e. The van der Waals surface area contributed by atoms with Gasteiger partial charge in [0.15, 0.2) is 0 Å². The summed E-state index contributed by atoms with van der Waals surface area (Å²) >= 11 is 12.1. The van der Waals surface area contributed by atoms with Crippen LogP contribution in [-0.4, -0.2) is 50.0 Å². The highest BCUT2D eigenvalue weighted by molar-refractivity contribution is 7.92. The fourth-order valence-electron chi connectivity index (χ4n) is 3.29. The molecule has 0 heterocycles. The van der Waals surface area contributed by atoms with E-state index in [0.717, 1.165) is 21.7 Å². The fourth-order valence-corrected chi connectivity index (χ4v) is 4.64. The van der Waals surface area contributed by atoms with Crippen molar-refractivity contribution in [1.29, 1.82) is 0 Å². The summed E-state index contributed by atoms with van der Waals surface area (Å²) in [6.45, 7) is 6.82. The van der Waals surface area contributed by atoms with Gasteiger partial charge in [-0.1, -0.05) is 53.0 Å². The molecule has 0 saturated heterocycles. The molecular formula is C23H29Cl2N3O4S. The van der Waals surface area contributed by atoms with E-state index in [4.69, 9.17) is 23.2 Å². The zero-order valence-corrected chi connectivity index (χ0v) is 21.6. The second-order valence-corrected chi connectivity index (χ2v) is 11.0. The first-order valence-electron chi connectivity index (χ1n) is 10.4. The highest BCUT2D eigenvalue weighted by Crippen LogP contribution is 2.27. The van der Waals surface area contributed by atoms with Gasteiger partial charge < -0.3 is 10.2 Å². The molecule has 0 aliphatic carbocycles. The van der Waals surface area contributed by atoms with Crippen molar-refractivity contribution >= 4 is 50.7 Å². The van der Waals surface area contributed by atoms with Crippen LogP contribution >= 0.6 is 23.2 Å². The Hall–Kier alpha value is -2.29. The Labute approximate surface area is 205 Å². The van der Waals surface area contributed by atoms with E-state index in [1.54, 1.807) is 6.92 Å². The van der Waals surface area contributed by atoms with Crippen LogP contribution in [0.15, 0.2) is 42.5 Å². The highest BCUT2D eigenvalue weighted by Gasteiger charge is 2.30. The number of sulfonamides is 1. The summed E-state index contributed by atoms with van der Waals surface area (Å²) in [6, 6.07) is 10.9. The molecule has 0 bridgehead atoms. The van der Waals surface area contributed by atoms with Crippen LogP contribution in [0, 0.1) is 6.92 Å². The van der Waals surface area contributed by atoms with Crippen LogP contribution < -0.4 is 9.62 Å². The number of anilines is 1. The standard InChI is InChI=1S/C23H29Cl2N3O4S/c1-15(2)26-23(30)17(4)27(13-18-8-6-7-16(3)9-18)22(29)14-28(33(5,31)32)21-11-19(24)10-20(25)12-21/h6-12,15,17H,13-14H2,1-5H3,(H,26,30). The van der Waals surface area contributed by atoms with Gasteiger partial charge in [-0.25, -0.2) is 8.42 Å². The minimum absolute atomic E-state index is 0.114. The van der Waals surface area contributed by atoms with E-state index >= 15 is 0 Å². The van der Waals surface area contributed by atoms with Gasteiger partial charge in [0.1, 0.15) is 12.6 Å². The molecule has 0 aliphatic rings. The van der Waals surface area contributed by atoms with Gasteiger partial charge in [-0.3, -0.25) is 13.9 Å². The SMILES string of the molecule is Cc1cccc(CN(C(=O)CN(c2cc(Cl)cc(Cl)c2)S(C)(=O)=O)C(C)C(=O)NC(C)C)c1. The van der Waals surface area contributed by atoms with Crippen LogP contribution in [0.4, 0.5) is 5.69 Å².